The van der Waals surface area contributed by atoms with Crippen molar-refractivity contribution in [2.24, 2.45) is 10.9 Å². The zero-order valence-corrected chi connectivity index (χ0v) is 11.2. The van der Waals surface area contributed by atoms with Crippen LogP contribution in [-0.4, -0.2) is 40.1 Å². The summed E-state index contributed by atoms with van der Waals surface area (Å²) in [7, 11) is 1.76. The summed E-state index contributed by atoms with van der Waals surface area (Å²) in [6.45, 7) is 3.57. The number of oxime groups is 1. The first-order chi connectivity index (χ1) is 8.88. The Hall–Kier alpha value is -2.08. The molecule has 0 spiro atoms. The van der Waals surface area contributed by atoms with Gasteiger partial charge in [-0.3, -0.25) is 9.69 Å². The van der Waals surface area contributed by atoms with Crippen molar-refractivity contribution < 1.29 is 15.1 Å². The Balaban J connectivity index is 2.89. The summed E-state index contributed by atoms with van der Waals surface area (Å²) in [5, 5.41) is 20.5. The van der Waals surface area contributed by atoms with Crippen LogP contribution in [0, 0.1) is 0 Å². The number of likely N-dealkylation sites (N-methyl/N-ethyl adjacent to an activating group) is 1. The third-order valence-electron chi connectivity index (χ3n) is 3.38. The molecule has 0 aliphatic heterocycles. The minimum Gasteiger partial charge on any atom is -0.480 e. The lowest BCUT2D eigenvalue weighted by Crippen LogP contribution is -2.37. The van der Waals surface area contributed by atoms with Gasteiger partial charge in [0.1, 0.15) is 6.04 Å². The number of nitrogens with two attached hydrogens (primary N) is 1. The summed E-state index contributed by atoms with van der Waals surface area (Å²) < 4.78 is 0. The smallest absolute Gasteiger partial charge is 0.320 e. The lowest BCUT2D eigenvalue weighted by Gasteiger charge is -2.28. The van der Waals surface area contributed by atoms with Crippen LogP contribution in [0.5, 0.6) is 0 Å². The van der Waals surface area contributed by atoms with E-state index in [0.29, 0.717) is 5.56 Å². The van der Waals surface area contributed by atoms with E-state index in [1.165, 1.54) is 0 Å². The van der Waals surface area contributed by atoms with Gasteiger partial charge in [0, 0.05) is 11.6 Å². The molecular formula is C13H19N3O3. The number of hydrogen-bond acceptors (Lipinski definition) is 4. The number of benzene rings is 1. The second-order valence-corrected chi connectivity index (χ2v) is 4.46. The molecule has 1 rings (SSSR count). The molecule has 0 heterocycles. The SMILES string of the molecule is CC(c1ccc(C(N)=NO)cc1)N(C)[C@@H](C)C(=O)O. The maximum absolute atomic E-state index is 11.0. The number of nitrogens with zero attached hydrogens (tertiary/aromatic N) is 2. The molecular weight excluding hydrogens is 246 g/mol. The van der Waals surface area contributed by atoms with Gasteiger partial charge in [0.05, 0.1) is 0 Å². The Morgan fingerprint density at radius 3 is 2.26 bits per heavy atom. The molecule has 104 valence electrons. The second-order valence-electron chi connectivity index (χ2n) is 4.46. The highest BCUT2D eigenvalue weighted by Crippen LogP contribution is 2.21. The number of hydrogen-bond donors (Lipinski definition) is 3. The van der Waals surface area contributed by atoms with Crippen LogP contribution in [0.25, 0.3) is 0 Å². The molecule has 2 atom stereocenters. The third-order valence-corrected chi connectivity index (χ3v) is 3.38. The van der Waals surface area contributed by atoms with E-state index in [4.69, 9.17) is 16.0 Å². The summed E-state index contributed by atoms with van der Waals surface area (Å²) >= 11 is 0. The maximum atomic E-state index is 11.0. The number of rotatable bonds is 5. The van der Waals surface area contributed by atoms with Crippen molar-refractivity contribution in [3.05, 3.63) is 35.4 Å². The molecule has 0 aliphatic rings. The molecule has 0 radical (unpaired) electrons. The lowest BCUT2D eigenvalue weighted by molar-refractivity contribution is -0.142. The number of amidine groups is 1. The quantitative estimate of drug-likeness (QED) is 0.322. The normalized spacial score (nSPS) is 15.3. The highest BCUT2D eigenvalue weighted by molar-refractivity contribution is 5.96. The molecule has 0 bridgehead atoms. The summed E-state index contributed by atoms with van der Waals surface area (Å²) in [4.78, 5) is 12.7. The molecule has 1 aromatic carbocycles. The fourth-order valence-corrected chi connectivity index (χ4v) is 1.73. The molecule has 0 saturated heterocycles. The molecule has 1 unspecified atom stereocenters. The van der Waals surface area contributed by atoms with Gasteiger partial charge >= 0.3 is 5.97 Å². The van der Waals surface area contributed by atoms with Crippen LogP contribution in [0.3, 0.4) is 0 Å². The first kappa shape index (κ1) is 15.0. The van der Waals surface area contributed by atoms with E-state index in [0.717, 1.165) is 5.56 Å². The first-order valence-corrected chi connectivity index (χ1v) is 5.91. The van der Waals surface area contributed by atoms with Crippen molar-refractivity contribution in [1.29, 1.82) is 0 Å². The Labute approximate surface area is 112 Å². The molecule has 0 fully saturated rings. The van der Waals surface area contributed by atoms with Gasteiger partial charge in [-0.2, -0.15) is 0 Å². The van der Waals surface area contributed by atoms with E-state index < -0.39 is 12.0 Å². The van der Waals surface area contributed by atoms with Gasteiger partial charge < -0.3 is 16.0 Å². The van der Waals surface area contributed by atoms with Crippen molar-refractivity contribution in [3.63, 3.8) is 0 Å². The molecule has 0 amide bonds. The van der Waals surface area contributed by atoms with Crippen molar-refractivity contribution in [3.8, 4) is 0 Å². The van der Waals surface area contributed by atoms with Crippen molar-refractivity contribution >= 4 is 11.8 Å². The van der Waals surface area contributed by atoms with Crippen molar-refractivity contribution in [2.45, 2.75) is 25.9 Å². The zero-order valence-electron chi connectivity index (χ0n) is 11.2. The van der Waals surface area contributed by atoms with Gasteiger partial charge in [0.15, 0.2) is 5.84 Å². The van der Waals surface area contributed by atoms with Crippen LogP contribution in [0.1, 0.15) is 31.0 Å². The summed E-state index contributed by atoms with van der Waals surface area (Å²) in [6, 6.07) is 6.53. The van der Waals surface area contributed by atoms with E-state index in [1.54, 1.807) is 31.0 Å². The number of carboxylic acid groups (broad SMARTS) is 1. The minimum absolute atomic E-state index is 0.0476. The Morgan fingerprint density at radius 1 is 1.32 bits per heavy atom. The van der Waals surface area contributed by atoms with Crippen LogP contribution < -0.4 is 5.73 Å². The molecule has 19 heavy (non-hydrogen) atoms. The van der Waals surface area contributed by atoms with E-state index in [2.05, 4.69) is 5.16 Å². The highest BCUT2D eigenvalue weighted by atomic mass is 16.4. The predicted molar refractivity (Wildman–Crippen MR) is 72.2 cm³/mol. The summed E-state index contributed by atoms with van der Waals surface area (Å²) in [5.74, 6) is -0.811. The third kappa shape index (κ3) is 3.45. The van der Waals surface area contributed by atoms with Gasteiger partial charge in [0.25, 0.3) is 0 Å². The van der Waals surface area contributed by atoms with Gasteiger partial charge in [-0.25, -0.2) is 0 Å². The largest absolute Gasteiger partial charge is 0.480 e. The van der Waals surface area contributed by atoms with E-state index in [-0.39, 0.29) is 11.9 Å². The molecule has 6 nitrogen and oxygen atoms in total. The summed E-state index contributed by atoms with van der Waals surface area (Å²) in [6.07, 6.45) is 0. The van der Waals surface area contributed by atoms with Crippen LogP contribution in [0.15, 0.2) is 29.4 Å². The fourth-order valence-electron chi connectivity index (χ4n) is 1.73. The van der Waals surface area contributed by atoms with Gasteiger partial charge in [-0.05, 0) is 26.5 Å². The molecule has 6 heteroatoms. The maximum Gasteiger partial charge on any atom is 0.320 e. The Morgan fingerprint density at radius 2 is 1.84 bits per heavy atom. The molecule has 4 N–H and O–H groups in total. The first-order valence-electron chi connectivity index (χ1n) is 5.91. The summed E-state index contributed by atoms with van der Waals surface area (Å²) in [5.41, 5.74) is 7.06. The van der Waals surface area contributed by atoms with Crippen LogP contribution in [-0.2, 0) is 4.79 Å². The molecule has 1 aromatic rings. The Kier molecular flexibility index (Phi) is 4.88. The van der Waals surface area contributed by atoms with Crippen molar-refractivity contribution in [1.82, 2.24) is 4.90 Å². The van der Waals surface area contributed by atoms with Crippen molar-refractivity contribution in [2.75, 3.05) is 7.05 Å². The zero-order chi connectivity index (χ0) is 14.6. The second kappa shape index (κ2) is 6.19. The fraction of sp³-hybridized carbons (Fsp3) is 0.385. The van der Waals surface area contributed by atoms with Crippen LogP contribution >= 0.6 is 0 Å². The van der Waals surface area contributed by atoms with E-state index >= 15 is 0 Å². The van der Waals surface area contributed by atoms with Gasteiger partial charge in [-0.1, -0.05) is 29.4 Å². The van der Waals surface area contributed by atoms with E-state index in [9.17, 15) is 4.79 Å². The minimum atomic E-state index is -0.859. The van der Waals surface area contributed by atoms with Crippen LogP contribution in [0.4, 0.5) is 0 Å². The monoisotopic (exact) mass is 265 g/mol. The lowest BCUT2D eigenvalue weighted by atomic mass is 10.0. The van der Waals surface area contributed by atoms with Gasteiger partial charge in [0.2, 0.25) is 0 Å². The highest BCUT2D eigenvalue weighted by Gasteiger charge is 2.22. The molecule has 0 aliphatic carbocycles. The molecule has 0 saturated carbocycles. The standard InChI is InChI=1S/C13H19N3O3/c1-8(16(3)9(2)13(17)18)10-4-6-11(7-5-10)12(14)15-19/h4-9,19H,1-3H3,(H2,14,15)(H,17,18)/t8?,9-/m0/s1. The topological polar surface area (TPSA) is 99.2 Å². The van der Waals surface area contributed by atoms with Gasteiger partial charge in [-0.15, -0.1) is 0 Å². The number of carbonyl (C=O) groups is 1. The predicted octanol–water partition coefficient (Wildman–Crippen LogP) is 1.25. The average molecular weight is 265 g/mol. The Bertz CT molecular complexity index is 471. The number of carboxylic acids is 1. The number of aliphatic carboxylic acids is 1. The molecule has 0 aromatic heterocycles. The van der Waals surface area contributed by atoms with E-state index in [1.807, 2.05) is 19.1 Å². The van der Waals surface area contributed by atoms with Crippen LogP contribution in [0.2, 0.25) is 0 Å². The average Bonchev–Trinajstić information content (AvgIpc) is 2.44.